The Morgan fingerprint density at radius 3 is 2.69 bits per heavy atom. The highest BCUT2D eigenvalue weighted by molar-refractivity contribution is 14.0. The third-order valence-corrected chi connectivity index (χ3v) is 6.06. The summed E-state index contributed by atoms with van der Waals surface area (Å²) in [5, 5.41) is 7.69. The lowest BCUT2D eigenvalue weighted by molar-refractivity contribution is -0.132. The van der Waals surface area contributed by atoms with Crippen LogP contribution in [0, 0.1) is 13.8 Å². The molecule has 0 saturated carbocycles. The van der Waals surface area contributed by atoms with Gasteiger partial charge in [0.2, 0.25) is 5.91 Å². The highest BCUT2D eigenvalue weighted by Crippen LogP contribution is 2.19. The maximum atomic E-state index is 12.5. The summed E-state index contributed by atoms with van der Waals surface area (Å²) in [6, 6.07) is 8.40. The second kappa shape index (κ2) is 11.5. The highest BCUT2D eigenvalue weighted by Gasteiger charge is 2.19. The largest absolute Gasteiger partial charge is 0.356 e. The fourth-order valence-corrected chi connectivity index (χ4v) is 4.31. The number of rotatable bonds is 6. The van der Waals surface area contributed by atoms with Crippen LogP contribution in [0.1, 0.15) is 39.5 Å². The molecule has 0 spiro atoms. The first kappa shape index (κ1) is 23.6. The molecule has 1 aromatic carbocycles. The van der Waals surface area contributed by atoms with E-state index in [9.17, 15) is 4.79 Å². The molecule has 2 N–H and O–H groups in total. The van der Waals surface area contributed by atoms with E-state index in [1.54, 1.807) is 18.4 Å². The number of guanidine groups is 1. The van der Waals surface area contributed by atoms with Gasteiger partial charge in [0.15, 0.2) is 5.96 Å². The number of hydrogen-bond donors (Lipinski definition) is 2. The van der Waals surface area contributed by atoms with Crippen molar-refractivity contribution in [2.45, 2.75) is 46.2 Å². The second-order valence-electron chi connectivity index (χ2n) is 7.03. The molecule has 1 aromatic heterocycles. The van der Waals surface area contributed by atoms with Crippen molar-refractivity contribution < 1.29 is 4.79 Å². The van der Waals surface area contributed by atoms with Gasteiger partial charge in [-0.3, -0.25) is 9.79 Å². The van der Waals surface area contributed by atoms with Crippen LogP contribution >= 0.6 is 35.3 Å². The van der Waals surface area contributed by atoms with Crippen LogP contribution < -0.4 is 10.6 Å². The Labute approximate surface area is 194 Å². The van der Waals surface area contributed by atoms with Gasteiger partial charge in [-0.15, -0.1) is 35.3 Å². The van der Waals surface area contributed by atoms with E-state index in [0.717, 1.165) is 49.1 Å². The monoisotopic (exact) mass is 527 g/mol. The average molecular weight is 527 g/mol. The number of nitrogens with zero attached hydrogens (tertiary/aromatic N) is 3. The number of fused-ring (bicyclic) bond motifs is 1. The zero-order valence-electron chi connectivity index (χ0n) is 17.3. The molecule has 3 rings (SSSR count). The number of carbonyl (C=O) groups excluding carboxylic acids is 1. The first-order valence-electron chi connectivity index (χ1n) is 9.79. The SMILES string of the molecule is CN=C(NCCCC(=O)N1CCc2ccccc2C1)NCc1sc(C)nc1C.I. The van der Waals surface area contributed by atoms with Crippen LogP contribution in [0.25, 0.3) is 0 Å². The van der Waals surface area contributed by atoms with E-state index in [4.69, 9.17) is 0 Å². The topological polar surface area (TPSA) is 69.6 Å². The Morgan fingerprint density at radius 2 is 2.00 bits per heavy atom. The Bertz CT molecular complexity index is 851. The Hall–Kier alpha value is -1.68. The normalized spacial score (nSPS) is 13.5. The number of carbonyl (C=O) groups is 1. The van der Waals surface area contributed by atoms with Gasteiger partial charge in [-0.2, -0.15) is 0 Å². The van der Waals surface area contributed by atoms with Crippen molar-refractivity contribution in [2.75, 3.05) is 20.1 Å². The second-order valence-corrected chi connectivity index (χ2v) is 8.32. The molecule has 2 heterocycles. The standard InChI is InChI=1S/C21H29N5OS.HI/c1-15-19(28-16(2)25-15)13-24-21(22-3)23-11-6-9-20(27)26-12-10-17-7-4-5-8-18(17)14-26;/h4-5,7-8H,6,9-14H2,1-3H3,(H2,22,23,24);1H. The number of aryl methyl sites for hydroxylation is 2. The molecule has 0 fully saturated rings. The Morgan fingerprint density at radius 1 is 1.24 bits per heavy atom. The number of amides is 1. The van der Waals surface area contributed by atoms with Crippen molar-refractivity contribution in [3.8, 4) is 0 Å². The van der Waals surface area contributed by atoms with E-state index in [-0.39, 0.29) is 29.9 Å². The van der Waals surface area contributed by atoms with E-state index in [1.807, 2.05) is 24.8 Å². The van der Waals surface area contributed by atoms with Gasteiger partial charge >= 0.3 is 0 Å². The first-order valence-corrected chi connectivity index (χ1v) is 10.6. The molecule has 8 heteroatoms. The number of nitrogens with one attached hydrogen (secondary N) is 2. The summed E-state index contributed by atoms with van der Waals surface area (Å²) in [6.07, 6.45) is 2.29. The quantitative estimate of drug-likeness (QED) is 0.262. The van der Waals surface area contributed by atoms with Gasteiger partial charge in [0, 0.05) is 38.0 Å². The maximum absolute atomic E-state index is 12.5. The number of hydrogen-bond acceptors (Lipinski definition) is 4. The van der Waals surface area contributed by atoms with Crippen molar-refractivity contribution in [2.24, 2.45) is 4.99 Å². The molecule has 0 aliphatic carbocycles. The maximum Gasteiger partial charge on any atom is 0.222 e. The van der Waals surface area contributed by atoms with Crippen molar-refractivity contribution >= 4 is 47.2 Å². The number of benzene rings is 1. The molecule has 0 bridgehead atoms. The minimum absolute atomic E-state index is 0. The number of halogens is 1. The number of aromatic nitrogens is 1. The van der Waals surface area contributed by atoms with Crippen LogP contribution in [0.3, 0.4) is 0 Å². The lowest BCUT2D eigenvalue weighted by Gasteiger charge is -2.29. The van der Waals surface area contributed by atoms with Crippen molar-refractivity contribution in [3.63, 3.8) is 0 Å². The molecule has 29 heavy (non-hydrogen) atoms. The Kier molecular flexibility index (Phi) is 9.35. The van der Waals surface area contributed by atoms with Crippen LogP contribution in [0.2, 0.25) is 0 Å². The smallest absolute Gasteiger partial charge is 0.222 e. The molecule has 158 valence electrons. The van der Waals surface area contributed by atoms with Crippen LogP contribution in [-0.4, -0.2) is 41.9 Å². The van der Waals surface area contributed by atoms with Gasteiger partial charge in [-0.05, 0) is 37.8 Å². The summed E-state index contributed by atoms with van der Waals surface area (Å²) < 4.78 is 0. The van der Waals surface area contributed by atoms with Gasteiger partial charge in [0.05, 0.1) is 17.2 Å². The van der Waals surface area contributed by atoms with E-state index in [2.05, 4.69) is 38.8 Å². The fraction of sp³-hybridized carbons (Fsp3) is 0.476. The summed E-state index contributed by atoms with van der Waals surface area (Å²) in [5.41, 5.74) is 3.71. The van der Waals surface area contributed by atoms with Gasteiger partial charge in [-0.25, -0.2) is 4.98 Å². The minimum atomic E-state index is 0. The molecule has 6 nitrogen and oxygen atoms in total. The number of thiazole rings is 1. The minimum Gasteiger partial charge on any atom is -0.356 e. The molecule has 0 radical (unpaired) electrons. The summed E-state index contributed by atoms with van der Waals surface area (Å²) in [6.45, 7) is 7.03. The summed E-state index contributed by atoms with van der Waals surface area (Å²) in [4.78, 5) is 24.4. The summed E-state index contributed by atoms with van der Waals surface area (Å²) in [5.74, 6) is 0.986. The predicted molar refractivity (Wildman–Crippen MR) is 130 cm³/mol. The molecule has 1 aliphatic heterocycles. The molecule has 0 saturated heterocycles. The van der Waals surface area contributed by atoms with Crippen molar-refractivity contribution in [1.82, 2.24) is 20.5 Å². The summed E-state index contributed by atoms with van der Waals surface area (Å²) in [7, 11) is 1.76. The number of aliphatic imine (C=N–C) groups is 1. The zero-order chi connectivity index (χ0) is 19.9. The van der Waals surface area contributed by atoms with Gasteiger partial charge in [-0.1, -0.05) is 24.3 Å². The molecule has 0 atom stereocenters. The Balaban J connectivity index is 0.00000300. The average Bonchev–Trinajstić information content (AvgIpc) is 3.03. The van der Waals surface area contributed by atoms with Crippen LogP contribution in [0.5, 0.6) is 0 Å². The van der Waals surface area contributed by atoms with E-state index >= 15 is 0 Å². The van der Waals surface area contributed by atoms with E-state index in [1.165, 1.54) is 16.0 Å². The first-order chi connectivity index (χ1) is 13.6. The van der Waals surface area contributed by atoms with E-state index < -0.39 is 0 Å². The van der Waals surface area contributed by atoms with Gasteiger partial charge in [0.1, 0.15) is 0 Å². The third kappa shape index (κ3) is 6.67. The molecular formula is C21H30IN5OS. The fourth-order valence-electron chi connectivity index (χ4n) is 3.44. The third-order valence-electron chi connectivity index (χ3n) is 4.98. The van der Waals surface area contributed by atoms with Gasteiger partial charge < -0.3 is 15.5 Å². The molecule has 1 amide bonds. The summed E-state index contributed by atoms with van der Waals surface area (Å²) >= 11 is 1.70. The van der Waals surface area contributed by atoms with Crippen LogP contribution in [0.4, 0.5) is 0 Å². The lowest BCUT2D eigenvalue weighted by atomic mass is 9.99. The van der Waals surface area contributed by atoms with Crippen LogP contribution in [0.15, 0.2) is 29.3 Å². The van der Waals surface area contributed by atoms with E-state index in [0.29, 0.717) is 13.0 Å². The van der Waals surface area contributed by atoms with Gasteiger partial charge in [0.25, 0.3) is 0 Å². The van der Waals surface area contributed by atoms with Crippen LogP contribution in [-0.2, 0) is 24.3 Å². The molecular weight excluding hydrogens is 497 g/mol. The lowest BCUT2D eigenvalue weighted by Crippen LogP contribution is -2.38. The highest BCUT2D eigenvalue weighted by atomic mass is 127. The molecule has 0 unspecified atom stereocenters. The molecule has 2 aromatic rings. The molecule has 1 aliphatic rings. The van der Waals surface area contributed by atoms with Crippen molar-refractivity contribution in [1.29, 1.82) is 0 Å². The van der Waals surface area contributed by atoms with Crippen molar-refractivity contribution in [3.05, 3.63) is 51.0 Å². The predicted octanol–water partition coefficient (Wildman–Crippen LogP) is 3.41. The zero-order valence-corrected chi connectivity index (χ0v) is 20.5.